The molecule has 0 aromatic heterocycles. The Morgan fingerprint density at radius 1 is 0.952 bits per heavy atom. The second-order valence-corrected chi connectivity index (χ2v) is 9.61. The molecular weight excluding hydrogens is 554 g/mol. The molecule has 4 rings (SSSR count). The van der Waals surface area contributed by atoms with Gasteiger partial charge in [0.25, 0.3) is 17.5 Å². The number of nitro benzene ring substituents is 1. The van der Waals surface area contributed by atoms with E-state index in [1.165, 1.54) is 18.2 Å². The number of halogens is 2. The van der Waals surface area contributed by atoms with Crippen LogP contribution in [-0.4, -0.2) is 62.8 Å². The number of nitrogens with zero attached hydrogens (tertiary/aromatic N) is 3. The number of carbonyl (C=O) groups excluding carboxylic acids is 3. The van der Waals surface area contributed by atoms with Crippen molar-refractivity contribution >= 4 is 29.4 Å². The molecule has 42 heavy (non-hydrogen) atoms. The van der Waals surface area contributed by atoms with E-state index in [2.05, 4.69) is 5.32 Å². The van der Waals surface area contributed by atoms with Gasteiger partial charge in [-0.1, -0.05) is 42.5 Å². The van der Waals surface area contributed by atoms with E-state index in [0.717, 1.165) is 33.6 Å². The zero-order valence-corrected chi connectivity index (χ0v) is 22.1. The van der Waals surface area contributed by atoms with Gasteiger partial charge in [-0.05, 0) is 29.7 Å². The Labute approximate surface area is 238 Å². The number of carboxylic acid groups (broad SMARTS) is 1. The predicted octanol–water partition coefficient (Wildman–Crippen LogP) is 3.45. The number of hydrogen-bond donors (Lipinski definition) is 2. The van der Waals surface area contributed by atoms with Gasteiger partial charge in [-0.3, -0.25) is 29.3 Å². The Hall–Kier alpha value is -5.20. The first-order chi connectivity index (χ1) is 20.0. The Balaban J connectivity index is 1.65. The Kier molecular flexibility index (Phi) is 9.20. The predicted molar refractivity (Wildman–Crippen MR) is 144 cm³/mol. The summed E-state index contributed by atoms with van der Waals surface area (Å²) < 4.78 is 27.8. The van der Waals surface area contributed by atoms with E-state index in [-0.39, 0.29) is 36.3 Å². The van der Waals surface area contributed by atoms with Crippen molar-refractivity contribution in [3.63, 3.8) is 0 Å². The minimum Gasteiger partial charge on any atom is -0.481 e. The molecule has 218 valence electrons. The van der Waals surface area contributed by atoms with E-state index in [4.69, 9.17) is 0 Å². The van der Waals surface area contributed by atoms with Gasteiger partial charge >= 0.3 is 5.97 Å². The number of aliphatic carboxylic acids is 1. The van der Waals surface area contributed by atoms with Crippen molar-refractivity contribution in [1.29, 1.82) is 0 Å². The molecule has 0 radical (unpaired) electrons. The van der Waals surface area contributed by atoms with Crippen molar-refractivity contribution in [2.45, 2.75) is 31.5 Å². The van der Waals surface area contributed by atoms with Crippen LogP contribution in [0.25, 0.3) is 0 Å². The van der Waals surface area contributed by atoms with Crippen molar-refractivity contribution in [3.8, 4) is 0 Å². The van der Waals surface area contributed by atoms with E-state index >= 15 is 0 Å². The summed E-state index contributed by atoms with van der Waals surface area (Å²) in [6.45, 7) is -0.220. The lowest BCUT2D eigenvalue weighted by Crippen LogP contribution is -2.54. The van der Waals surface area contributed by atoms with Crippen LogP contribution in [0.2, 0.25) is 0 Å². The first-order valence-corrected chi connectivity index (χ1v) is 12.9. The Morgan fingerprint density at radius 2 is 1.62 bits per heavy atom. The third-order valence-corrected chi connectivity index (χ3v) is 6.75. The molecular formula is C29H26F2N4O7. The molecule has 0 saturated carbocycles. The molecule has 1 fully saturated rings. The molecule has 2 N–H and O–H groups in total. The van der Waals surface area contributed by atoms with Crippen LogP contribution in [0.5, 0.6) is 0 Å². The van der Waals surface area contributed by atoms with Crippen molar-refractivity contribution in [1.82, 2.24) is 15.1 Å². The van der Waals surface area contributed by atoms with Crippen LogP contribution >= 0.6 is 0 Å². The van der Waals surface area contributed by atoms with E-state index < -0.39 is 58.9 Å². The van der Waals surface area contributed by atoms with Crippen LogP contribution < -0.4 is 5.32 Å². The summed E-state index contributed by atoms with van der Waals surface area (Å²) >= 11 is 0. The molecule has 3 aromatic carbocycles. The number of hydrogen-bond acceptors (Lipinski definition) is 6. The molecule has 1 heterocycles. The number of carbonyl (C=O) groups is 4. The summed E-state index contributed by atoms with van der Waals surface area (Å²) in [6.07, 6.45) is -1.93. The van der Waals surface area contributed by atoms with Gasteiger partial charge < -0.3 is 20.2 Å². The minimum absolute atomic E-state index is 0.0200. The average molecular weight is 581 g/mol. The lowest BCUT2D eigenvalue weighted by atomic mass is 10.0. The minimum atomic E-state index is -1.58. The molecule has 0 bridgehead atoms. The van der Waals surface area contributed by atoms with Crippen LogP contribution in [0.1, 0.15) is 40.4 Å². The van der Waals surface area contributed by atoms with Crippen LogP contribution in [0.15, 0.2) is 72.8 Å². The van der Waals surface area contributed by atoms with Gasteiger partial charge in [-0.2, -0.15) is 0 Å². The van der Waals surface area contributed by atoms with Gasteiger partial charge in [-0.25, -0.2) is 8.78 Å². The third-order valence-electron chi connectivity index (χ3n) is 6.75. The monoisotopic (exact) mass is 580 g/mol. The maximum atomic E-state index is 13.9. The van der Waals surface area contributed by atoms with Gasteiger partial charge in [0.1, 0.15) is 11.6 Å². The summed E-state index contributed by atoms with van der Waals surface area (Å²) in [4.78, 5) is 64.8. The number of nitro groups is 1. The smallest absolute Gasteiger partial charge is 0.305 e. The summed E-state index contributed by atoms with van der Waals surface area (Å²) in [7, 11) is 0. The third kappa shape index (κ3) is 7.11. The number of amides is 3. The number of rotatable bonds is 10. The highest BCUT2D eigenvalue weighted by Gasteiger charge is 2.43. The molecule has 2 unspecified atom stereocenters. The molecule has 1 aliphatic rings. The van der Waals surface area contributed by atoms with Gasteiger partial charge in [0.15, 0.2) is 6.17 Å². The SMILES string of the molecule is O=C(O)CC(NC(=O)C1N(C(=O)CCc2ccccc2)CCN1C(=O)c1cc(F)cc(F)c1)c1cccc([N+](=O)[O-])c1. The van der Waals surface area contributed by atoms with E-state index in [1.54, 1.807) is 12.1 Å². The van der Waals surface area contributed by atoms with E-state index in [9.17, 15) is 43.2 Å². The van der Waals surface area contributed by atoms with Crippen molar-refractivity contribution < 1.29 is 38.0 Å². The van der Waals surface area contributed by atoms with Gasteiger partial charge in [0, 0.05) is 43.3 Å². The van der Waals surface area contributed by atoms with Crippen LogP contribution in [-0.2, 0) is 20.8 Å². The molecule has 1 aliphatic heterocycles. The molecule has 3 amide bonds. The Bertz CT molecular complexity index is 1500. The van der Waals surface area contributed by atoms with Crippen molar-refractivity contribution in [2.75, 3.05) is 13.1 Å². The highest BCUT2D eigenvalue weighted by atomic mass is 19.1. The molecule has 11 nitrogen and oxygen atoms in total. The van der Waals surface area contributed by atoms with Crippen molar-refractivity contribution in [2.24, 2.45) is 0 Å². The quantitative estimate of drug-likeness (QED) is 0.275. The average Bonchev–Trinajstić information content (AvgIpc) is 3.40. The summed E-state index contributed by atoms with van der Waals surface area (Å²) in [5.41, 5.74) is 0.261. The summed E-state index contributed by atoms with van der Waals surface area (Å²) in [5.74, 6) is -5.69. The van der Waals surface area contributed by atoms with Gasteiger partial charge in [-0.15, -0.1) is 0 Å². The number of carboxylic acids is 1. The topological polar surface area (TPSA) is 150 Å². The molecule has 1 saturated heterocycles. The number of non-ortho nitro benzene ring substituents is 1. The highest BCUT2D eigenvalue weighted by molar-refractivity contribution is 5.99. The van der Waals surface area contributed by atoms with Crippen LogP contribution in [0, 0.1) is 21.7 Å². The second-order valence-electron chi connectivity index (χ2n) is 9.61. The largest absolute Gasteiger partial charge is 0.481 e. The lowest BCUT2D eigenvalue weighted by Gasteiger charge is -2.31. The molecule has 0 aliphatic carbocycles. The fraction of sp³-hybridized carbons (Fsp3) is 0.241. The molecule has 0 spiro atoms. The first-order valence-electron chi connectivity index (χ1n) is 12.9. The summed E-state index contributed by atoms with van der Waals surface area (Å²) in [5, 5.41) is 23.3. The second kappa shape index (κ2) is 13.0. The standard InChI is InChI=1S/C29H26F2N4O7/c30-21-13-20(14-22(31)16-21)29(40)34-12-11-33(25(36)10-9-18-5-2-1-3-6-18)28(34)27(39)32-24(17-26(37)38)19-7-4-8-23(15-19)35(41)42/h1-8,13-16,24,28H,9-12,17H2,(H,32,39)(H,37,38). The highest BCUT2D eigenvalue weighted by Crippen LogP contribution is 2.25. The number of benzene rings is 3. The normalized spacial score (nSPS) is 15.2. The maximum absolute atomic E-state index is 13.9. The van der Waals surface area contributed by atoms with Crippen molar-refractivity contribution in [3.05, 3.63) is 111 Å². The van der Waals surface area contributed by atoms with Crippen LogP contribution in [0.4, 0.5) is 14.5 Å². The number of nitrogens with one attached hydrogen (secondary N) is 1. The summed E-state index contributed by atoms with van der Waals surface area (Å²) in [6, 6.07) is 15.1. The zero-order valence-electron chi connectivity index (χ0n) is 22.1. The number of aryl methyl sites for hydroxylation is 1. The Morgan fingerprint density at radius 3 is 2.26 bits per heavy atom. The zero-order chi connectivity index (χ0) is 30.4. The van der Waals surface area contributed by atoms with E-state index in [1.807, 2.05) is 18.2 Å². The lowest BCUT2D eigenvalue weighted by molar-refractivity contribution is -0.384. The van der Waals surface area contributed by atoms with Gasteiger partial charge in [0.2, 0.25) is 5.91 Å². The van der Waals surface area contributed by atoms with Gasteiger partial charge in [0.05, 0.1) is 17.4 Å². The molecule has 2 atom stereocenters. The fourth-order valence-corrected chi connectivity index (χ4v) is 4.80. The fourth-order valence-electron chi connectivity index (χ4n) is 4.80. The molecule has 13 heteroatoms. The molecule has 3 aromatic rings. The first kappa shape index (κ1) is 29.8. The van der Waals surface area contributed by atoms with E-state index in [0.29, 0.717) is 12.5 Å². The maximum Gasteiger partial charge on any atom is 0.305 e. The van der Waals surface area contributed by atoms with Crippen LogP contribution in [0.3, 0.4) is 0 Å².